The van der Waals surface area contributed by atoms with E-state index in [0.29, 0.717) is 31.3 Å². The number of piperazine rings is 1. The second-order valence-electron chi connectivity index (χ2n) is 10.2. The summed E-state index contributed by atoms with van der Waals surface area (Å²) in [5, 5.41) is 1.03. The molecule has 1 aliphatic rings. The van der Waals surface area contributed by atoms with Crippen LogP contribution in [0.1, 0.15) is 12.5 Å². The van der Waals surface area contributed by atoms with Gasteiger partial charge in [-0.2, -0.15) is 4.31 Å². The fraction of sp³-hybridized carbons (Fsp3) is 0.194. The summed E-state index contributed by atoms with van der Waals surface area (Å²) < 4.78 is 28.1. The summed E-state index contributed by atoms with van der Waals surface area (Å²) in [4.78, 5) is 16.5. The summed E-state index contributed by atoms with van der Waals surface area (Å²) >= 11 is 0. The lowest BCUT2D eigenvalue weighted by Gasteiger charge is -2.38. The van der Waals surface area contributed by atoms with Gasteiger partial charge in [0.25, 0.3) is 0 Å². The van der Waals surface area contributed by atoms with E-state index in [-0.39, 0.29) is 6.04 Å². The van der Waals surface area contributed by atoms with Gasteiger partial charge < -0.3 is 5.73 Å². The molecule has 4 heterocycles. The highest BCUT2D eigenvalue weighted by Gasteiger charge is 2.30. The number of hydrogen-bond acceptors (Lipinski definition) is 7. The molecule has 0 saturated carbocycles. The van der Waals surface area contributed by atoms with Gasteiger partial charge in [-0.25, -0.2) is 23.4 Å². The highest BCUT2D eigenvalue weighted by Crippen LogP contribution is 2.32. The standard InChI is InChI=1S/C31H31N7O2S/c1-3-41(39,40)37-19-18-36(20-22(37)2)21-23-11-13-25(14-12-23)38-30(26-10-7-17-33-29(26)32)35-28-16-15-27(34-31(28)38)24-8-5-4-6-9-24/h3-17,22H,1,18-21H2,2H3,(H2,32,33)/t22-/m1/s1. The zero-order chi connectivity index (χ0) is 28.6. The lowest BCUT2D eigenvalue weighted by atomic mass is 10.1. The van der Waals surface area contributed by atoms with Crippen molar-refractivity contribution in [2.24, 2.45) is 0 Å². The number of hydrogen-bond donors (Lipinski definition) is 1. The van der Waals surface area contributed by atoms with Crippen LogP contribution in [0.5, 0.6) is 0 Å². The van der Waals surface area contributed by atoms with Crippen LogP contribution >= 0.6 is 0 Å². The van der Waals surface area contributed by atoms with E-state index in [1.54, 1.807) is 6.20 Å². The van der Waals surface area contributed by atoms with Crippen LogP contribution in [0.25, 0.3) is 39.5 Å². The number of pyridine rings is 2. The zero-order valence-electron chi connectivity index (χ0n) is 22.8. The summed E-state index contributed by atoms with van der Waals surface area (Å²) in [5.74, 6) is 1.07. The number of nitrogens with two attached hydrogens (primary N) is 1. The minimum Gasteiger partial charge on any atom is -0.383 e. The smallest absolute Gasteiger partial charge is 0.235 e. The van der Waals surface area contributed by atoms with E-state index >= 15 is 0 Å². The van der Waals surface area contributed by atoms with E-state index in [1.165, 1.54) is 4.31 Å². The molecule has 1 saturated heterocycles. The Morgan fingerprint density at radius 1 is 0.976 bits per heavy atom. The quantitative estimate of drug-likeness (QED) is 0.304. The molecule has 1 fully saturated rings. The minimum atomic E-state index is -3.42. The van der Waals surface area contributed by atoms with Crippen LogP contribution in [-0.2, 0) is 16.6 Å². The average Bonchev–Trinajstić information content (AvgIpc) is 3.37. The molecule has 0 unspecified atom stereocenters. The van der Waals surface area contributed by atoms with Gasteiger partial charge in [-0.1, -0.05) is 49.0 Å². The number of benzene rings is 2. The van der Waals surface area contributed by atoms with Crippen LogP contribution in [0.2, 0.25) is 0 Å². The third-order valence-corrected chi connectivity index (χ3v) is 9.06. The van der Waals surface area contributed by atoms with Crippen LogP contribution in [0, 0.1) is 0 Å². The molecule has 208 valence electrons. The van der Waals surface area contributed by atoms with E-state index in [9.17, 15) is 8.42 Å². The molecule has 10 heteroatoms. The summed E-state index contributed by atoms with van der Waals surface area (Å²) in [7, 11) is -3.42. The van der Waals surface area contributed by atoms with Crippen molar-refractivity contribution in [3.05, 3.63) is 103 Å². The van der Waals surface area contributed by atoms with Gasteiger partial charge in [-0.15, -0.1) is 0 Å². The normalized spacial score (nSPS) is 16.7. The van der Waals surface area contributed by atoms with Gasteiger partial charge >= 0.3 is 0 Å². The molecule has 9 nitrogen and oxygen atoms in total. The van der Waals surface area contributed by atoms with E-state index in [0.717, 1.165) is 51.2 Å². The summed E-state index contributed by atoms with van der Waals surface area (Å²) in [5.41, 5.74) is 12.4. The fourth-order valence-electron chi connectivity index (χ4n) is 5.40. The molecule has 1 aliphatic heterocycles. The molecule has 1 atom stereocenters. The first-order valence-electron chi connectivity index (χ1n) is 13.5. The molecule has 2 N–H and O–H groups in total. The van der Waals surface area contributed by atoms with Gasteiger partial charge in [-0.3, -0.25) is 9.47 Å². The van der Waals surface area contributed by atoms with Crippen LogP contribution in [0.15, 0.2) is 97.0 Å². The Labute approximate surface area is 239 Å². The summed E-state index contributed by atoms with van der Waals surface area (Å²) in [6.45, 7) is 7.86. The number of fused-ring (bicyclic) bond motifs is 1. The van der Waals surface area contributed by atoms with Gasteiger partial charge in [0.1, 0.15) is 11.3 Å². The van der Waals surface area contributed by atoms with Crippen molar-refractivity contribution in [1.29, 1.82) is 0 Å². The molecule has 0 spiro atoms. The molecular weight excluding hydrogens is 534 g/mol. The topological polar surface area (TPSA) is 110 Å². The molecule has 6 rings (SSSR count). The van der Waals surface area contributed by atoms with Crippen molar-refractivity contribution < 1.29 is 8.42 Å². The predicted octanol–water partition coefficient (Wildman–Crippen LogP) is 4.71. The van der Waals surface area contributed by atoms with E-state index in [4.69, 9.17) is 15.7 Å². The van der Waals surface area contributed by atoms with Crippen LogP contribution in [-0.4, -0.2) is 62.8 Å². The molecule has 0 amide bonds. The summed E-state index contributed by atoms with van der Waals surface area (Å²) in [6, 6.07) is 26.0. The number of nitrogens with zero attached hydrogens (tertiary/aromatic N) is 6. The average molecular weight is 566 g/mol. The van der Waals surface area contributed by atoms with Crippen LogP contribution in [0.4, 0.5) is 5.82 Å². The number of aromatic nitrogens is 4. The molecular formula is C31H31N7O2S. The third-order valence-electron chi connectivity index (χ3n) is 7.44. The van der Waals surface area contributed by atoms with Crippen molar-refractivity contribution in [3.63, 3.8) is 0 Å². The van der Waals surface area contributed by atoms with Crippen molar-refractivity contribution in [1.82, 2.24) is 28.7 Å². The fourth-order valence-corrected chi connectivity index (χ4v) is 6.50. The van der Waals surface area contributed by atoms with Crippen LogP contribution in [0.3, 0.4) is 0 Å². The SMILES string of the molecule is C=CS(=O)(=O)N1CCN(Cc2ccc(-n3c(-c4cccnc4N)nc4ccc(-c5ccccc5)nc43)cc2)C[C@H]1C. The van der Waals surface area contributed by atoms with Gasteiger partial charge in [0.2, 0.25) is 10.0 Å². The van der Waals surface area contributed by atoms with Gasteiger partial charge in [0.15, 0.2) is 11.5 Å². The first-order valence-corrected chi connectivity index (χ1v) is 15.0. The Morgan fingerprint density at radius 2 is 1.76 bits per heavy atom. The molecule has 0 radical (unpaired) electrons. The molecule has 3 aromatic heterocycles. The first-order chi connectivity index (χ1) is 19.8. The second-order valence-corrected chi connectivity index (χ2v) is 12.0. The monoisotopic (exact) mass is 565 g/mol. The lowest BCUT2D eigenvalue weighted by molar-refractivity contribution is 0.139. The highest BCUT2D eigenvalue weighted by molar-refractivity contribution is 7.92. The van der Waals surface area contributed by atoms with E-state index in [2.05, 4.69) is 40.7 Å². The van der Waals surface area contributed by atoms with Crippen molar-refractivity contribution in [2.45, 2.75) is 19.5 Å². The number of imidazole rings is 1. The molecule has 0 aliphatic carbocycles. The zero-order valence-corrected chi connectivity index (χ0v) is 23.6. The number of anilines is 1. The van der Waals surface area contributed by atoms with Crippen molar-refractivity contribution >= 4 is 27.0 Å². The molecule has 5 aromatic rings. The Balaban J connectivity index is 1.34. The molecule has 2 aromatic carbocycles. The van der Waals surface area contributed by atoms with E-state index in [1.807, 2.05) is 66.1 Å². The van der Waals surface area contributed by atoms with Crippen molar-refractivity contribution in [3.8, 4) is 28.3 Å². The Morgan fingerprint density at radius 3 is 2.46 bits per heavy atom. The van der Waals surface area contributed by atoms with Gasteiger partial charge in [-0.05, 0) is 48.9 Å². The predicted molar refractivity (Wildman–Crippen MR) is 163 cm³/mol. The van der Waals surface area contributed by atoms with Gasteiger partial charge in [0.05, 0.1) is 11.3 Å². The third kappa shape index (κ3) is 5.24. The number of rotatable bonds is 7. The Hall–Kier alpha value is -4.38. The highest BCUT2D eigenvalue weighted by atomic mass is 32.2. The Bertz CT molecular complexity index is 1820. The second kappa shape index (κ2) is 10.9. The maximum atomic E-state index is 12.3. The Kier molecular flexibility index (Phi) is 7.12. The summed E-state index contributed by atoms with van der Waals surface area (Å²) in [6.07, 6.45) is 1.67. The number of sulfonamides is 1. The van der Waals surface area contributed by atoms with Crippen LogP contribution < -0.4 is 5.73 Å². The van der Waals surface area contributed by atoms with Crippen molar-refractivity contribution in [2.75, 3.05) is 25.4 Å². The maximum absolute atomic E-state index is 12.3. The first kappa shape index (κ1) is 26.8. The van der Waals surface area contributed by atoms with Gasteiger partial charge in [0, 0.05) is 55.1 Å². The maximum Gasteiger partial charge on any atom is 0.235 e. The number of nitrogen functional groups attached to an aromatic ring is 1. The minimum absolute atomic E-state index is 0.124. The molecule has 0 bridgehead atoms. The molecule has 41 heavy (non-hydrogen) atoms. The lowest BCUT2D eigenvalue weighted by Crippen LogP contribution is -2.52. The largest absolute Gasteiger partial charge is 0.383 e. The van der Waals surface area contributed by atoms with E-state index < -0.39 is 10.0 Å².